The molecule has 0 aliphatic rings. The molecule has 110 valence electrons. The van der Waals surface area contributed by atoms with E-state index in [0.717, 1.165) is 21.7 Å². The predicted octanol–water partition coefficient (Wildman–Crippen LogP) is 4.49. The third-order valence-corrected chi connectivity index (χ3v) is 4.17. The van der Waals surface area contributed by atoms with E-state index in [-0.39, 0.29) is 0 Å². The van der Waals surface area contributed by atoms with Crippen molar-refractivity contribution in [3.63, 3.8) is 0 Å². The Balaban J connectivity index is 2.57. The van der Waals surface area contributed by atoms with Crippen LogP contribution in [-0.4, -0.2) is 24.4 Å². The van der Waals surface area contributed by atoms with Gasteiger partial charge in [0.2, 0.25) is 0 Å². The lowest BCUT2D eigenvalue weighted by molar-refractivity contribution is 0.0694. The highest BCUT2D eigenvalue weighted by atomic mass is 32.2. The van der Waals surface area contributed by atoms with Gasteiger partial charge in [-0.2, -0.15) is 0 Å². The number of carboxylic acid groups (broad SMARTS) is 1. The van der Waals surface area contributed by atoms with E-state index in [1.807, 2.05) is 50.2 Å². The molecule has 0 atom stereocenters. The van der Waals surface area contributed by atoms with Crippen LogP contribution in [0.4, 0.5) is 11.4 Å². The van der Waals surface area contributed by atoms with Crippen molar-refractivity contribution in [2.45, 2.75) is 18.7 Å². The second kappa shape index (κ2) is 6.22. The van der Waals surface area contributed by atoms with Crippen molar-refractivity contribution in [1.82, 2.24) is 0 Å². The van der Waals surface area contributed by atoms with Crippen molar-refractivity contribution in [3.05, 3.63) is 53.1 Å². The Morgan fingerprint density at radius 3 is 2.29 bits per heavy atom. The Bertz CT molecular complexity index is 662. The molecule has 0 amide bonds. The first-order valence-corrected chi connectivity index (χ1v) is 7.89. The van der Waals surface area contributed by atoms with Gasteiger partial charge in [-0.25, -0.2) is 4.79 Å². The molecule has 0 aromatic heterocycles. The van der Waals surface area contributed by atoms with E-state index in [2.05, 4.69) is 18.2 Å². The standard InChI is InChI=1S/C17H19NO2S/c1-11-8-12(2)10-13(9-11)18(3)14-6-5-7-15(21-4)16(14)17(19)20/h5-10H,1-4H3,(H,19,20). The van der Waals surface area contributed by atoms with Crippen molar-refractivity contribution < 1.29 is 9.90 Å². The minimum atomic E-state index is -0.897. The Labute approximate surface area is 129 Å². The number of aryl methyl sites for hydroxylation is 2. The summed E-state index contributed by atoms with van der Waals surface area (Å²) in [7, 11) is 1.90. The fourth-order valence-corrected chi connectivity index (χ4v) is 3.08. The molecule has 0 saturated heterocycles. The second-order valence-corrected chi connectivity index (χ2v) is 5.91. The monoisotopic (exact) mass is 301 g/mol. The number of hydrogen-bond acceptors (Lipinski definition) is 3. The molecule has 0 aliphatic heterocycles. The molecule has 0 fully saturated rings. The molecule has 2 aromatic carbocycles. The quantitative estimate of drug-likeness (QED) is 0.845. The molecule has 21 heavy (non-hydrogen) atoms. The maximum Gasteiger partial charge on any atom is 0.338 e. The number of thioether (sulfide) groups is 1. The van der Waals surface area contributed by atoms with E-state index in [1.54, 1.807) is 0 Å². The molecule has 2 aromatic rings. The summed E-state index contributed by atoms with van der Waals surface area (Å²) in [6, 6.07) is 11.8. The van der Waals surface area contributed by atoms with E-state index in [4.69, 9.17) is 0 Å². The zero-order valence-corrected chi connectivity index (χ0v) is 13.5. The fraction of sp³-hybridized carbons (Fsp3) is 0.235. The van der Waals surface area contributed by atoms with Crippen molar-refractivity contribution >= 4 is 29.1 Å². The van der Waals surface area contributed by atoms with Crippen LogP contribution < -0.4 is 4.90 Å². The van der Waals surface area contributed by atoms with Gasteiger partial charge in [-0.1, -0.05) is 12.1 Å². The third-order valence-electron chi connectivity index (χ3n) is 3.39. The van der Waals surface area contributed by atoms with Crippen LogP contribution in [0.5, 0.6) is 0 Å². The number of aromatic carboxylic acids is 1. The van der Waals surface area contributed by atoms with Crippen LogP contribution in [0, 0.1) is 13.8 Å². The van der Waals surface area contributed by atoms with E-state index in [0.29, 0.717) is 11.3 Å². The lowest BCUT2D eigenvalue weighted by Crippen LogP contribution is -2.15. The van der Waals surface area contributed by atoms with Gasteiger partial charge in [-0.3, -0.25) is 0 Å². The van der Waals surface area contributed by atoms with Crippen molar-refractivity contribution in [2.24, 2.45) is 0 Å². The number of carbonyl (C=O) groups is 1. The van der Waals surface area contributed by atoms with E-state index in [9.17, 15) is 9.90 Å². The summed E-state index contributed by atoms with van der Waals surface area (Å²) in [5, 5.41) is 9.54. The third kappa shape index (κ3) is 3.22. The van der Waals surface area contributed by atoms with Crippen LogP contribution in [0.25, 0.3) is 0 Å². The van der Waals surface area contributed by atoms with Gasteiger partial charge < -0.3 is 10.0 Å². The first-order valence-electron chi connectivity index (χ1n) is 6.66. The van der Waals surface area contributed by atoms with Crippen LogP contribution in [0.15, 0.2) is 41.3 Å². The second-order valence-electron chi connectivity index (χ2n) is 5.06. The van der Waals surface area contributed by atoms with Crippen LogP contribution in [0.1, 0.15) is 21.5 Å². The molecule has 1 N–H and O–H groups in total. The molecule has 0 bridgehead atoms. The summed E-state index contributed by atoms with van der Waals surface area (Å²) in [6.07, 6.45) is 1.89. The summed E-state index contributed by atoms with van der Waals surface area (Å²) in [6.45, 7) is 4.08. The van der Waals surface area contributed by atoms with Crippen LogP contribution >= 0.6 is 11.8 Å². The molecule has 4 heteroatoms. The minimum absolute atomic E-state index is 0.353. The number of benzene rings is 2. The van der Waals surface area contributed by atoms with Crippen LogP contribution in [0.3, 0.4) is 0 Å². The number of anilines is 2. The molecular formula is C17H19NO2S. The van der Waals surface area contributed by atoms with Gasteiger partial charge in [-0.15, -0.1) is 11.8 Å². The largest absolute Gasteiger partial charge is 0.478 e. The Hall–Kier alpha value is -1.94. The van der Waals surface area contributed by atoms with E-state index in [1.165, 1.54) is 11.8 Å². The highest BCUT2D eigenvalue weighted by molar-refractivity contribution is 7.98. The van der Waals surface area contributed by atoms with Gasteiger partial charge in [0.05, 0.1) is 11.3 Å². The van der Waals surface area contributed by atoms with Gasteiger partial charge in [0.15, 0.2) is 0 Å². The summed E-state index contributed by atoms with van der Waals surface area (Å²) in [4.78, 5) is 14.3. The molecule has 0 saturated carbocycles. The van der Waals surface area contributed by atoms with Gasteiger partial charge in [0, 0.05) is 17.6 Å². The molecule has 0 heterocycles. The number of carboxylic acids is 1. The average molecular weight is 301 g/mol. The summed E-state index contributed by atoms with van der Waals surface area (Å²) in [5.41, 5.74) is 4.38. The highest BCUT2D eigenvalue weighted by Gasteiger charge is 2.18. The van der Waals surface area contributed by atoms with Gasteiger partial charge in [0.25, 0.3) is 0 Å². The first kappa shape index (κ1) is 15.4. The molecule has 0 aliphatic carbocycles. The molecule has 3 nitrogen and oxygen atoms in total. The zero-order chi connectivity index (χ0) is 15.6. The number of nitrogens with zero attached hydrogens (tertiary/aromatic N) is 1. The first-order chi connectivity index (χ1) is 9.93. The normalized spacial score (nSPS) is 10.5. The summed E-state index contributed by atoms with van der Waals surface area (Å²) >= 11 is 1.45. The predicted molar refractivity (Wildman–Crippen MR) is 89.2 cm³/mol. The molecule has 0 unspecified atom stereocenters. The lowest BCUT2D eigenvalue weighted by atomic mass is 10.1. The highest BCUT2D eigenvalue weighted by Crippen LogP contribution is 2.33. The van der Waals surface area contributed by atoms with Gasteiger partial charge >= 0.3 is 5.97 Å². The van der Waals surface area contributed by atoms with Crippen LogP contribution in [-0.2, 0) is 0 Å². The van der Waals surface area contributed by atoms with Crippen LogP contribution in [0.2, 0.25) is 0 Å². The minimum Gasteiger partial charge on any atom is -0.478 e. The fourth-order valence-electron chi connectivity index (χ4n) is 2.47. The Morgan fingerprint density at radius 2 is 1.76 bits per heavy atom. The zero-order valence-electron chi connectivity index (χ0n) is 12.7. The van der Waals surface area contributed by atoms with Crippen molar-refractivity contribution in [3.8, 4) is 0 Å². The lowest BCUT2D eigenvalue weighted by Gasteiger charge is -2.23. The average Bonchev–Trinajstić information content (AvgIpc) is 2.44. The van der Waals surface area contributed by atoms with Gasteiger partial charge in [0.1, 0.15) is 0 Å². The summed E-state index contributed by atoms with van der Waals surface area (Å²) < 4.78 is 0. The summed E-state index contributed by atoms with van der Waals surface area (Å²) in [5.74, 6) is -0.897. The van der Waals surface area contributed by atoms with Crippen molar-refractivity contribution in [1.29, 1.82) is 0 Å². The molecule has 0 radical (unpaired) electrons. The topological polar surface area (TPSA) is 40.5 Å². The smallest absolute Gasteiger partial charge is 0.338 e. The molecule has 2 rings (SSSR count). The van der Waals surface area contributed by atoms with Gasteiger partial charge in [-0.05, 0) is 55.5 Å². The Morgan fingerprint density at radius 1 is 1.14 bits per heavy atom. The molecule has 0 spiro atoms. The number of hydrogen-bond donors (Lipinski definition) is 1. The van der Waals surface area contributed by atoms with Crippen molar-refractivity contribution in [2.75, 3.05) is 18.2 Å². The maximum absolute atomic E-state index is 11.6. The Kier molecular flexibility index (Phi) is 4.58. The SMILES string of the molecule is CSc1cccc(N(C)c2cc(C)cc(C)c2)c1C(=O)O. The number of rotatable bonds is 4. The maximum atomic E-state index is 11.6. The van der Waals surface area contributed by atoms with E-state index >= 15 is 0 Å². The van der Waals surface area contributed by atoms with E-state index < -0.39 is 5.97 Å². The molecular weight excluding hydrogens is 282 g/mol.